The van der Waals surface area contributed by atoms with E-state index < -0.39 is 0 Å². The molecule has 0 N–H and O–H groups in total. The zero-order valence-electron chi connectivity index (χ0n) is 35.9. The zero-order valence-corrected chi connectivity index (χ0v) is 36.8. The highest BCUT2D eigenvalue weighted by Gasteiger charge is 2.61. The van der Waals surface area contributed by atoms with E-state index in [1.165, 1.54) is 125 Å². The van der Waals surface area contributed by atoms with E-state index in [2.05, 4.69) is 195 Å². The molecule has 6 aliphatic rings. The van der Waals surface area contributed by atoms with Crippen LogP contribution in [0.15, 0.2) is 176 Å². The van der Waals surface area contributed by atoms with Crippen molar-refractivity contribution in [2.24, 2.45) is 23.7 Å². The van der Waals surface area contributed by atoms with Gasteiger partial charge in [0.15, 0.2) is 0 Å². The van der Waals surface area contributed by atoms with Crippen LogP contribution in [0.3, 0.4) is 0 Å². The third kappa shape index (κ3) is 4.99. The fourth-order valence-corrected chi connectivity index (χ4v) is 15.5. The number of nitrogens with zero attached hydrogens (tertiary/aromatic N) is 1. The molecule has 4 fully saturated rings. The molecule has 304 valence electrons. The normalized spacial score (nSPS) is 23.0. The summed E-state index contributed by atoms with van der Waals surface area (Å²) < 4.78 is 2.67. The van der Waals surface area contributed by atoms with Gasteiger partial charge in [0.1, 0.15) is 0 Å². The molecule has 6 aliphatic carbocycles. The summed E-state index contributed by atoms with van der Waals surface area (Å²) in [4.78, 5) is 2.54. The summed E-state index contributed by atoms with van der Waals surface area (Å²) in [7, 11) is 0. The van der Waals surface area contributed by atoms with Crippen molar-refractivity contribution in [2.75, 3.05) is 4.90 Å². The Kier molecular flexibility index (Phi) is 7.58. The second kappa shape index (κ2) is 13.2. The third-order valence-corrected chi connectivity index (χ3v) is 17.8. The van der Waals surface area contributed by atoms with Crippen LogP contribution in [0.4, 0.5) is 17.1 Å². The molecule has 15 rings (SSSR count). The molecule has 0 atom stereocenters. The highest BCUT2D eigenvalue weighted by Crippen LogP contribution is 2.69. The second-order valence-electron chi connectivity index (χ2n) is 20.1. The molecule has 0 saturated heterocycles. The molecule has 0 aliphatic heterocycles. The lowest BCUT2D eigenvalue weighted by molar-refractivity contribution is -0.0399. The van der Waals surface area contributed by atoms with Gasteiger partial charge in [0.05, 0.1) is 0 Å². The van der Waals surface area contributed by atoms with Crippen LogP contribution in [-0.4, -0.2) is 0 Å². The summed E-state index contributed by atoms with van der Waals surface area (Å²) in [6.45, 7) is 4.79. The molecule has 1 heterocycles. The summed E-state index contributed by atoms with van der Waals surface area (Å²) >= 11 is 1.89. The molecular formula is C61H49NS. The van der Waals surface area contributed by atoms with Crippen molar-refractivity contribution in [1.82, 2.24) is 0 Å². The third-order valence-electron chi connectivity index (χ3n) is 16.7. The molecule has 1 spiro atoms. The Labute approximate surface area is 374 Å². The molecule has 0 radical (unpaired) electrons. The van der Waals surface area contributed by atoms with E-state index >= 15 is 0 Å². The first-order valence-corrected chi connectivity index (χ1v) is 24.2. The van der Waals surface area contributed by atoms with E-state index in [1.54, 1.807) is 11.1 Å². The minimum Gasteiger partial charge on any atom is -0.310 e. The van der Waals surface area contributed by atoms with E-state index in [0.29, 0.717) is 0 Å². The maximum absolute atomic E-state index is 2.58. The first-order valence-electron chi connectivity index (χ1n) is 23.3. The van der Waals surface area contributed by atoms with Gasteiger partial charge in [-0.3, -0.25) is 0 Å². The van der Waals surface area contributed by atoms with Gasteiger partial charge in [0, 0.05) is 48.1 Å². The van der Waals surface area contributed by atoms with Crippen molar-refractivity contribution in [3.63, 3.8) is 0 Å². The zero-order chi connectivity index (χ0) is 41.6. The quantitative estimate of drug-likeness (QED) is 0.167. The van der Waals surface area contributed by atoms with Gasteiger partial charge < -0.3 is 4.90 Å². The maximum atomic E-state index is 2.58. The Morgan fingerprint density at radius 3 is 1.75 bits per heavy atom. The second-order valence-corrected chi connectivity index (χ2v) is 21.1. The Morgan fingerprint density at radius 1 is 0.413 bits per heavy atom. The van der Waals surface area contributed by atoms with Gasteiger partial charge in [-0.25, -0.2) is 0 Å². The van der Waals surface area contributed by atoms with Gasteiger partial charge in [0.25, 0.3) is 0 Å². The molecule has 63 heavy (non-hydrogen) atoms. The lowest BCUT2D eigenvalue weighted by Crippen LogP contribution is -2.55. The molecule has 0 amide bonds. The van der Waals surface area contributed by atoms with Crippen LogP contribution in [0.25, 0.3) is 64.7 Å². The largest absolute Gasteiger partial charge is 0.310 e. The van der Waals surface area contributed by atoms with Crippen molar-refractivity contribution < 1.29 is 0 Å². The highest BCUT2D eigenvalue weighted by molar-refractivity contribution is 7.25. The number of hydrogen-bond donors (Lipinski definition) is 0. The van der Waals surface area contributed by atoms with Gasteiger partial charge in [-0.05, 0) is 171 Å². The predicted molar refractivity (Wildman–Crippen MR) is 266 cm³/mol. The summed E-state index contributed by atoms with van der Waals surface area (Å²) in [5, 5.41) is 2.68. The Hall–Kier alpha value is -6.22. The van der Waals surface area contributed by atoms with Crippen molar-refractivity contribution in [3.05, 3.63) is 198 Å². The van der Waals surface area contributed by atoms with Crippen LogP contribution in [0.5, 0.6) is 0 Å². The van der Waals surface area contributed by atoms with Gasteiger partial charge in [-0.2, -0.15) is 0 Å². The topological polar surface area (TPSA) is 3.24 Å². The van der Waals surface area contributed by atoms with Crippen LogP contribution < -0.4 is 4.90 Å². The minimum atomic E-state index is -0.0967. The Balaban J connectivity index is 0.926. The SMILES string of the molecule is CC1(C)c2ccccc2-c2ccc(N(c3ccc(-c4ccccc4-c4cccc5sc6ccccc6c45)cc3)c3ccc4c(c3)-c3ccccc3C43C4CC5CC(C4)CC3C5)cc21. The van der Waals surface area contributed by atoms with E-state index in [0.717, 1.165) is 23.7 Å². The van der Waals surface area contributed by atoms with Gasteiger partial charge in [-0.15, -0.1) is 11.3 Å². The molecule has 1 nitrogen and oxygen atoms in total. The molecule has 1 aromatic heterocycles. The average molecular weight is 828 g/mol. The summed E-state index contributed by atoms with van der Waals surface area (Å²) in [5.74, 6) is 3.36. The smallest absolute Gasteiger partial charge is 0.0468 e. The summed E-state index contributed by atoms with van der Waals surface area (Å²) in [6, 6.07) is 67.5. The first kappa shape index (κ1) is 36.3. The van der Waals surface area contributed by atoms with Crippen molar-refractivity contribution >= 4 is 48.6 Å². The van der Waals surface area contributed by atoms with Gasteiger partial charge in [-0.1, -0.05) is 141 Å². The van der Waals surface area contributed by atoms with Gasteiger partial charge in [0.2, 0.25) is 0 Å². The lowest BCUT2D eigenvalue weighted by Gasteiger charge is -2.61. The molecule has 2 heteroatoms. The molecule has 4 saturated carbocycles. The number of fused-ring (bicyclic) bond motifs is 9. The standard InChI is InChI=1S/C61H49NS/c1-60(2)53-18-8-5-14-47(53)49-28-26-44(36-56(49)60)62(43-27-29-55-52(35-43)48-15-6-9-19-54(48)61(55)40-31-37-30-38(33-40)34-41(61)32-37)42-24-22-39(23-25-42)45-12-3-4-13-46(45)50-17-11-21-58-59(50)51-16-7-10-20-57(51)63-58/h3-29,35-38,40-41H,30-34H2,1-2H3. The highest BCUT2D eigenvalue weighted by atomic mass is 32.1. The van der Waals surface area contributed by atoms with Crippen LogP contribution >= 0.6 is 11.3 Å². The number of hydrogen-bond acceptors (Lipinski definition) is 2. The molecule has 4 bridgehead atoms. The number of rotatable bonds is 5. The monoisotopic (exact) mass is 827 g/mol. The fraction of sp³-hybridized carbons (Fsp3) is 0.213. The van der Waals surface area contributed by atoms with Crippen molar-refractivity contribution in [1.29, 1.82) is 0 Å². The van der Waals surface area contributed by atoms with E-state index in [9.17, 15) is 0 Å². The predicted octanol–water partition coefficient (Wildman–Crippen LogP) is 16.9. The molecule has 0 unspecified atom stereocenters. The number of benzene rings is 8. The summed E-state index contributed by atoms with van der Waals surface area (Å²) in [5.41, 5.74) is 20.4. The Bertz CT molecular complexity index is 3320. The fourth-order valence-electron chi connectivity index (χ4n) is 14.3. The minimum absolute atomic E-state index is 0.0967. The van der Waals surface area contributed by atoms with Crippen molar-refractivity contribution in [3.8, 4) is 44.5 Å². The van der Waals surface area contributed by atoms with Crippen LogP contribution in [0.1, 0.15) is 68.2 Å². The van der Waals surface area contributed by atoms with Crippen LogP contribution in [0.2, 0.25) is 0 Å². The number of thiophene rings is 1. The van der Waals surface area contributed by atoms with E-state index in [1.807, 2.05) is 11.3 Å². The average Bonchev–Trinajstić information content (AvgIpc) is 3.92. The van der Waals surface area contributed by atoms with E-state index in [-0.39, 0.29) is 10.8 Å². The Morgan fingerprint density at radius 2 is 0.968 bits per heavy atom. The van der Waals surface area contributed by atoms with Gasteiger partial charge >= 0.3 is 0 Å². The lowest BCUT2D eigenvalue weighted by atomic mass is 9.43. The van der Waals surface area contributed by atoms with Crippen LogP contribution in [0, 0.1) is 23.7 Å². The summed E-state index contributed by atoms with van der Waals surface area (Å²) in [6.07, 6.45) is 7.07. The van der Waals surface area contributed by atoms with Crippen molar-refractivity contribution in [2.45, 2.75) is 56.8 Å². The first-order chi connectivity index (χ1) is 30.9. The molecular weight excluding hydrogens is 779 g/mol. The van der Waals surface area contributed by atoms with E-state index in [4.69, 9.17) is 0 Å². The number of anilines is 3. The van der Waals surface area contributed by atoms with Crippen LogP contribution in [-0.2, 0) is 10.8 Å². The molecule has 8 aromatic carbocycles. The maximum Gasteiger partial charge on any atom is 0.0468 e. The molecule has 9 aromatic rings.